The molecule has 68 valence electrons. The van der Waals surface area contributed by atoms with E-state index >= 15 is 0 Å². The highest BCUT2D eigenvalue weighted by Crippen LogP contribution is 2.00. The Balaban J connectivity index is 0.000000217. The Morgan fingerprint density at radius 2 is 1.58 bits per heavy atom. The topological polar surface area (TPSA) is 9.23 Å². The first-order chi connectivity index (χ1) is 5.81. The molecule has 0 aromatic heterocycles. The van der Waals surface area contributed by atoms with Crippen LogP contribution in [-0.2, 0) is 4.74 Å². The lowest BCUT2D eigenvalue weighted by Crippen LogP contribution is -1.84. The van der Waals surface area contributed by atoms with E-state index in [4.69, 9.17) is 4.74 Å². The fourth-order valence-corrected chi connectivity index (χ4v) is 0.804. The molecule has 0 saturated heterocycles. The molecule has 0 atom stereocenters. The van der Waals surface area contributed by atoms with E-state index < -0.39 is 0 Å². The summed E-state index contributed by atoms with van der Waals surface area (Å²) in [7, 11) is 0. The molecule has 0 bridgehead atoms. The van der Waals surface area contributed by atoms with Crippen molar-refractivity contribution in [3.8, 4) is 0 Å². The van der Waals surface area contributed by atoms with Gasteiger partial charge in [0.05, 0.1) is 0 Å². The lowest BCUT2D eigenvalue weighted by molar-refractivity contribution is 0.162. The van der Waals surface area contributed by atoms with Crippen molar-refractivity contribution < 1.29 is 4.74 Å². The van der Waals surface area contributed by atoms with Gasteiger partial charge < -0.3 is 4.74 Å². The van der Waals surface area contributed by atoms with Crippen LogP contribution in [0.5, 0.6) is 0 Å². The molecule has 0 saturated carbocycles. The van der Waals surface area contributed by atoms with Crippen molar-refractivity contribution in [1.29, 1.82) is 0 Å². The summed E-state index contributed by atoms with van der Waals surface area (Å²) < 4.78 is 4.83. The van der Waals surface area contributed by atoms with Crippen LogP contribution >= 0.6 is 12.6 Å². The Morgan fingerprint density at radius 1 is 1.08 bits per heavy atom. The average Bonchev–Trinajstić information content (AvgIpc) is 2.08. The second kappa shape index (κ2) is 8.62. The Morgan fingerprint density at radius 3 is 1.75 bits per heavy atom. The van der Waals surface area contributed by atoms with Gasteiger partial charge in [0.15, 0.2) is 0 Å². The van der Waals surface area contributed by atoms with Crippen LogP contribution in [-0.4, -0.2) is 13.2 Å². The van der Waals surface area contributed by atoms with Crippen LogP contribution in [0.25, 0.3) is 0 Å². The summed E-state index contributed by atoms with van der Waals surface area (Å²) in [6.07, 6.45) is 0. The molecule has 0 aliphatic heterocycles. The molecular formula is C10H16OS. The molecule has 0 fully saturated rings. The zero-order valence-electron chi connectivity index (χ0n) is 7.66. The van der Waals surface area contributed by atoms with Gasteiger partial charge in [-0.3, -0.25) is 0 Å². The lowest BCUT2D eigenvalue weighted by Gasteiger charge is -1.86. The van der Waals surface area contributed by atoms with Crippen LogP contribution in [0.2, 0.25) is 0 Å². The van der Waals surface area contributed by atoms with Crippen LogP contribution in [0.1, 0.15) is 13.8 Å². The quantitative estimate of drug-likeness (QED) is 0.695. The number of benzene rings is 1. The zero-order chi connectivity index (χ0) is 9.23. The van der Waals surface area contributed by atoms with E-state index in [1.165, 1.54) is 0 Å². The molecule has 0 aliphatic carbocycles. The molecule has 0 aliphatic rings. The molecule has 1 nitrogen and oxygen atoms in total. The van der Waals surface area contributed by atoms with Gasteiger partial charge in [0, 0.05) is 18.1 Å². The molecule has 0 radical (unpaired) electrons. The van der Waals surface area contributed by atoms with Crippen molar-refractivity contribution in [2.45, 2.75) is 18.7 Å². The maximum atomic E-state index is 4.83. The Bertz CT molecular complexity index is 172. The first-order valence-corrected chi connectivity index (χ1v) is 4.57. The highest BCUT2D eigenvalue weighted by molar-refractivity contribution is 7.80. The monoisotopic (exact) mass is 184 g/mol. The maximum Gasteiger partial charge on any atom is 0.0437 e. The van der Waals surface area contributed by atoms with E-state index in [2.05, 4.69) is 12.6 Å². The molecule has 2 heteroatoms. The molecule has 1 rings (SSSR count). The fourth-order valence-electron chi connectivity index (χ4n) is 0.632. The molecule has 0 spiro atoms. The predicted octanol–water partition coefficient (Wildman–Crippen LogP) is 3.02. The summed E-state index contributed by atoms with van der Waals surface area (Å²) in [5, 5.41) is 0. The summed E-state index contributed by atoms with van der Waals surface area (Å²) >= 11 is 4.08. The van der Waals surface area contributed by atoms with Gasteiger partial charge >= 0.3 is 0 Å². The van der Waals surface area contributed by atoms with Gasteiger partial charge in [0.25, 0.3) is 0 Å². The van der Waals surface area contributed by atoms with Gasteiger partial charge in [-0.1, -0.05) is 18.2 Å². The van der Waals surface area contributed by atoms with Crippen LogP contribution in [0.3, 0.4) is 0 Å². The lowest BCUT2D eigenvalue weighted by atomic mass is 10.4. The highest BCUT2D eigenvalue weighted by atomic mass is 32.1. The van der Waals surface area contributed by atoms with Crippen molar-refractivity contribution in [2.24, 2.45) is 0 Å². The van der Waals surface area contributed by atoms with Crippen LogP contribution in [0, 0.1) is 0 Å². The first kappa shape index (κ1) is 11.5. The Hall–Kier alpha value is -0.470. The van der Waals surface area contributed by atoms with E-state index in [1.54, 1.807) is 0 Å². The first-order valence-electron chi connectivity index (χ1n) is 4.13. The third-order valence-electron chi connectivity index (χ3n) is 1.16. The summed E-state index contributed by atoms with van der Waals surface area (Å²) in [5.74, 6) is 0. The van der Waals surface area contributed by atoms with Crippen molar-refractivity contribution in [2.75, 3.05) is 13.2 Å². The van der Waals surface area contributed by atoms with Crippen LogP contribution in [0.15, 0.2) is 35.2 Å². The molecule has 0 amide bonds. The smallest absolute Gasteiger partial charge is 0.0437 e. The number of ether oxygens (including phenoxy) is 1. The summed E-state index contributed by atoms with van der Waals surface area (Å²) in [6.45, 7) is 5.67. The predicted molar refractivity (Wildman–Crippen MR) is 55.9 cm³/mol. The minimum Gasteiger partial charge on any atom is -0.382 e. The van der Waals surface area contributed by atoms with E-state index in [9.17, 15) is 0 Å². The molecule has 0 N–H and O–H groups in total. The minimum absolute atomic E-state index is 0.844. The van der Waals surface area contributed by atoms with Gasteiger partial charge in [-0.2, -0.15) is 0 Å². The Labute approximate surface area is 80.2 Å². The summed E-state index contributed by atoms with van der Waals surface area (Å²) in [4.78, 5) is 1.02. The third-order valence-corrected chi connectivity index (χ3v) is 1.46. The van der Waals surface area contributed by atoms with Crippen LogP contribution in [0.4, 0.5) is 0 Å². The molecular weight excluding hydrogens is 168 g/mol. The second-order valence-electron chi connectivity index (χ2n) is 2.12. The Kier molecular flexibility index (Phi) is 8.29. The fraction of sp³-hybridized carbons (Fsp3) is 0.400. The van der Waals surface area contributed by atoms with Gasteiger partial charge in [-0.25, -0.2) is 0 Å². The van der Waals surface area contributed by atoms with E-state index in [0.717, 1.165) is 18.1 Å². The van der Waals surface area contributed by atoms with Gasteiger partial charge in [-0.15, -0.1) is 12.6 Å². The number of hydrogen-bond donors (Lipinski definition) is 1. The average molecular weight is 184 g/mol. The van der Waals surface area contributed by atoms with Gasteiger partial charge in [0.2, 0.25) is 0 Å². The van der Waals surface area contributed by atoms with Crippen molar-refractivity contribution in [1.82, 2.24) is 0 Å². The van der Waals surface area contributed by atoms with E-state index in [0.29, 0.717) is 0 Å². The number of thiol groups is 1. The van der Waals surface area contributed by atoms with E-state index in [-0.39, 0.29) is 0 Å². The third kappa shape index (κ3) is 7.63. The molecule has 0 unspecified atom stereocenters. The molecule has 0 heterocycles. The number of rotatable bonds is 2. The summed E-state index contributed by atoms with van der Waals surface area (Å²) in [5.41, 5.74) is 0. The maximum absolute atomic E-state index is 4.83. The molecule has 12 heavy (non-hydrogen) atoms. The van der Waals surface area contributed by atoms with Crippen molar-refractivity contribution >= 4 is 12.6 Å². The normalized spacial score (nSPS) is 8.58. The van der Waals surface area contributed by atoms with Gasteiger partial charge in [-0.05, 0) is 26.0 Å². The van der Waals surface area contributed by atoms with Crippen molar-refractivity contribution in [3.63, 3.8) is 0 Å². The van der Waals surface area contributed by atoms with Gasteiger partial charge in [0.1, 0.15) is 0 Å². The minimum atomic E-state index is 0.844. The van der Waals surface area contributed by atoms with E-state index in [1.807, 2.05) is 44.2 Å². The standard InChI is InChI=1S/C6H6S.C4H10O/c7-6-4-2-1-3-5-6;1-3-5-4-2/h1-5,7H;3-4H2,1-2H3. The SMILES string of the molecule is CCOCC.Sc1ccccc1. The molecule has 1 aromatic carbocycles. The number of hydrogen-bond acceptors (Lipinski definition) is 2. The molecule has 1 aromatic rings. The second-order valence-corrected chi connectivity index (χ2v) is 2.63. The highest BCUT2D eigenvalue weighted by Gasteiger charge is 1.73. The largest absolute Gasteiger partial charge is 0.382 e. The van der Waals surface area contributed by atoms with Crippen molar-refractivity contribution in [3.05, 3.63) is 30.3 Å². The summed E-state index contributed by atoms with van der Waals surface area (Å²) in [6, 6.07) is 9.79. The van der Waals surface area contributed by atoms with Crippen LogP contribution < -0.4 is 0 Å². The zero-order valence-corrected chi connectivity index (χ0v) is 8.55.